The van der Waals surface area contributed by atoms with Gasteiger partial charge in [-0.15, -0.1) is 0 Å². The fourth-order valence-corrected chi connectivity index (χ4v) is 2.95. The van der Waals surface area contributed by atoms with E-state index in [-0.39, 0.29) is 35.5 Å². The highest BCUT2D eigenvalue weighted by atomic mass is 35.7. The third-order valence-corrected chi connectivity index (χ3v) is 3.71. The maximum atomic E-state index is 10.9. The lowest BCUT2D eigenvalue weighted by Crippen LogP contribution is -2.16. The Morgan fingerprint density at radius 2 is 2.10 bits per heavy atom. The van der Waals surface area contributed by atoms with Crippen molar-refractivity contribution in [3.8, 4) is 11.5 Å². The summed E-state index contributed by atoms with van der Waals surface area (Å²) in [4.78, 5) is 10.2. The smallest absolute Gasteiger partial charge is 0.314 e. The van der Waals surface area contributed by atoms with Gasteiger partial charge in [-0.05, 0) is 12.1 Å². The number of rotatable bonds is 7. The van der Waals surface area contributed by atoms with E-state index in [0.717, 1.165) is 0 Å². The Hall–Kier alpha value is -1.54. The third kappa shape index (κ3) is 5.22. The second kappa shape index (κ2) is 6.76. The normalized spacial score (nSPS) is 12.8. The zero-order chi connectivity index (χ0) is 15.3. The van der Waals surface area contributed by atoms with Crippen molar-refractivity contribution in [1.82, 2.24) is 0 Å². The Kier molecular flexibility index (Phi) is 5.58. The van der Waals surface area contributed by atoms with Gasteiger partial charge in [0.05, 0.1) is 30.5 Å². The highest BCUT2D eigenvalue weighted by molar-refractivity contribution is 8.13. The lowest BCUT2D eigenvalue weighted by atomic mass is 10.2. The highest BCUT2D eigenvalue weighted by Crippen LogP contribution is 2.30. The number of nitro groups is 1. The Labute approximate surface area is 121 Å². The van der Waals surface area contributed by atoms with Crippen molar-refractivity contribution in [3.63, 3.8) is 0 Å². The molecule has 0 aromatic heterocycles. The summed E-state index contributed by atoms with van der Waals surface area (Å²) in [6.45, 7) is 1.73. The van der Waals surface area contributed by atoms with Crippen LogP contribution < -0.4 is 9.47 Å². The molecule has 0 aliphatic heterocycles. The predicted octanol–water partition coefficient (Wildman–Crippen LogP) is 2.19. The molecule has 1 rings (SSSR count). The average Bonchev–Trinajstić information content (AvgIpc) is 2.33. The van der Waals surface area contributed by atoms with Gasteiger partial charge in [0.15, 0.2) is 5.75 Å². The Balaban J connectivity index is 2.74. The largest absolute Gasteiger partial charge is 0.493 e. The number of hydrogen-bond donors (Lipinski definition) is 0. The lowest BCUT2D eigenvalue weighted by Gasteiger charge is -2.12. The number of hydrogen-bond acceptors (Lipinski definition) is 6. The van der Waals surface area contributed by atoms with E-state index < -0.39 is 14.0 Å². The molecule has 0 fully saturated rings. The molecule has 112 valence electrons. The van der Waals surface area contributed by atoms with Crippen molar-refractivity contribution in [1.29, 1.82) is 0 Å². The van der Waals surface area contributed by atoms with Gasteiger partial charge in [0.25, 0.3) is 0 Å². The standard InChI is InChI=1S/C11H14ClNO6S/c1-8(7-20(12,16)17)6-19-9-3-4-11(18-2)10(5-9)13(14)15/h3-5,8H,6-7H2,1-2H3. The minimum Gasteiger partial charge on any atom is -0.493 e. The van der Waals surface area contributed by atoms with Gasteiger partial charge in [-0.2, -0.15) is 0 Å². The number of benzene rings is 1. The van der Waals surface area contributed by atoms with E-state index in [1.807, 2.05) is 0 Å². The topological polar surface area (TPSA) is 95.7 Å². The average molecular weight is 324 g/mol. The van der Waals surface area contributed by atoms with Crippen LogP contribution in [-0.2, 0) is 9.05 Å². The molecule has 0 radical (unpaired) electrons. The molecule has 1 aromatic carbocycles. The van der Waals surface area contributed by atoms with Crippen molar-refractivity contribution in [2.45, 2.75) is 6.92 Å². The summed E-state index contributed by atoms with van der Waals surface area (Å²) in [5.74, 6) is -0.180. The molecule has 1 aromatic rings. The van der Waals surface area contributed by atoms with E-state index in [0.29, 0.717) is 0 Å². The molecule has 0 heterocycles. The number of methoxy groups -OCH3 is 1. The second-order valence-electron chi connectivity index (χ2n) is 4.21. The molecule has 9 heteroatoms. The van der Waals surface area contributed by atoms with Crippen molar-refractivity contribution in [2.24, 2.45) is 5.92 Å². The minimum atomic E-state index is -3.60. The van der Waals surface area contributed by atoms with Crippen LogP contribution in [0, 0.1) is 16.0 Å². The summed E-state index contributed by atoms with van der Waals surface area (Å²) >= 11 is 0. The van der Waals surface area contributed by atoms with Crippen molar-refractivity contribution in [3.05, 3.63) is 28.3 Å². The Morgan fingerprint density at radius 3 is 2.60 bits per heavy atom. The highest BCUT2D eigenvalue weighted by Gasteiger charge is 2.17. The van der Waals surface area contributed by atoms with E-state index in [2.05, 4.69) is 0 Å². The number of ether oxygens (including phenoxy) is 2. The molecule has 1 atom stereocenters. The Morgan fingerprint density at radius 1 is 1.45 bits per heavy atom. The first-order valence-corrected chi connectivity index (χ1v) is 8.08. The van der Waals surface area contributed by atoms with Crippen LogP contribution in [0.25, 0.3) is 0 Å². The van der Waals surface area contributed by atoms with Crippen molar-refractivity contribution >= 4 is 25.4 Å². The molecular weight excluding hydrogens is 310 g/mol. The van der Waals surface area contributed by atoms with Gasteiger partial charge in [-0.25, -0.2) is 8.42 Å². The van der Waals surface area contributed by atoms with Gasteiger partial charge < -0.3 is 9.47 Å². The molecule has 1 unspecified atom stereocenters. The van der Waals surface area contributed by atoms with Gasteiger partial charge >= 0.3 is 5.69 Å². The molecule has 0 saturated carbocycles. The monoisotopic (exact) mass is 323 g/mol. The molecule has 0 amide bonds. The summed E-state index contributed by atoms with van der Waals surface area (Å²) in [6.07, 6.45) is 0. The van der Waals surface area contributed by atoms with Crippen LogP contribution in [0.1, 0.15) is 6.92 Å². The summed E-state index contributed by atoms with van der Waals surface area (Å²) in [5, 5.41) is 10.8. The van der Waals surface area contributed by atoms with Gasteiger partial charge in [0, 0.05) is 16.6 Å². The zero-order valence-electron chi connectivity index (χ0n) is 10.9. The van der Waals surface area contributed by atoms with Gasteiger partial charge in [0.2, 0.25) is 9.05 Å². The van der Waals surface area contributed by atoms with Gasteiger partial charge in [-0.1, -0.05) is 6.92 Å². The van der Waals surface area contributed by atoms with Crippen LogP contribution in [0.2, 0.25) is 0 Å². The first-order valence-electron chi connectivity index (χ1n) is 5.60. The van der Waals surface area contributed by atoms with E-state index in [1.165, 1.54) is 25.3 Å². The van der Waals surface area contributed by atoms with Gasteiger partial charge in [-0.3, -0.25) is 10.1 Å². The summed E-state index contributed by atoms with van der Waals surface area (Å²) in [5.41, 5.74) is -0.220. The van der Waals surface area contributed by atoms with Crippen LogP contribution in [0.4, 0.5) is 5.69 Å². The van der Waals surface area contributed by atoms with E-state index in [1.54, 1.807) is 6.92 Å². The molecule has 0 saturated heterocycles. The van der Waals surface area contributed by atoms with Gasteiger partial charge in [0.1, 0.15) is 5.75 Å². The molecule has 0 bridgehead atoms. The maximum absolute atomic E-state index is 10.9. The molecule has 7 nitrogen and oxygen atoms in total. The quantitative estimate of drug-likeness (QED) is 0.433. The summed E-state index contributed by atoms with van der Waals surface area (Å²) < 4.78 is 31.9. The summed E-state index contributed by atoms with van der Waals surface area (Å²) in [6, 6.07) is 4.14. The Bertz CT molecular complexity index is 589. The molecule has 0 N–H and O–H groups in total. The number of nitrogens with zero attached hydrogens (tertiary/aromatic N) is 1. The number of nitro benzene ring substituents is 1. The molecular formula is C11H14ClNO6S. The van der Waals surface area contributed by atoms with Crippen molar-refractivity contribution < 1.29 is 22.8 Å². The van der Waals surface area contributed by atoms with Crippen LogP contribution in [-0.4, -0.2) is 32.8 Å². The lowest BCUT2D eigenvalue weighted by molar-refractivity contribution is -0.385. The van der Waals surface area contributed by atoms with E-state index >= 15 is 0 Å². The fourth-order valence-electron chi connectivity index (χ4n) is 1.53. The van der Waals surface area contributed by atoms with E-state index in [9.17, 15) is 18.5 Å². The fraction of sp³-hybridized carbons (Fsp3) is 0.455. The SMILES string of the molecule is COc1ccc(OCC(C)CS(=O)(=O)Cl)cc1[N+](=O)[O-]. The minimum absolute atomic E-state index is 0.0788. The second-order valence-corrected chi connectivity index (χ2v) is 7.03. The first kappa shape index (κ1) is 16.5. The summed E-state index contributed by atoms with van der Waals surface area (Å²) in [7, 11) is 2.86. The number of halogens is 1. The first-order chi connectivity index (χ1) is 9.23. The van der Waals surface area contributed by atoms with Crippen LogP contribution in [0.5, 0.6) is 11.5 Å². The molecule has 0 spiro atoms. The predicted molar refractivity (Wildman–Crippen MR) is 73.9 cm³/mol. The van der Waals surface area contributed by atoms with Crippen LogP contribution in [0.3, 0.4) is 0 Å². The van der Waals surface area contributed by atoms with Crippen LogP contribution >= 0.6 is 10.7 Å². The molecule has 0 aliphatic rings. The van der Waals surface area contributed by atoms with Crippen LogP contribution in [0.15, 0.2) is 18.2 Å². The third-order valence-electron chi connectivity index (χ3n) is 2.37. The molecule has 0 aliphatic carbocycles. The maximum Gasteiger partial charge on any atom is 0.314 e. The van der Waals surface area contributed by atoms with Crippen molar-refractivity contribution in [2.75, 3.05) is 19.5 Å². The zero-order valence-corrected chi connectivity index (χ0v) is 12.5. The molecule has 20 heavy (non-hydrogen) atoms. The van der Waals surface area contributed by atoms with E-state index in [4.69, 9.17) is 20.2 Å².